The van der Waals surface area contributed by atoms with Gasteiger partial charge in [-0.05, 0) is 68.5 Å². The summed E-state index contributed by atoms with van der Waals surface area (Å²) in [4.78, 5) is 28.3. The van der Waals surface area contributed by atoms with Crippen molar-refractivity contribution in [3.05, 3.63) is 64.2 Å². The molecule has 0 radical (unpaired) electrons. The number of aryl methyl sites for hydroxylation is 2. The van der Waals surface area contributed by atoms with Gasteiger partial charge in [-0.2, -0.15) is 0 Å². The number of carbonyl (C=O) groups is 2. The first kappa shape index (κ1) is 28.7. The van der Waals surface area contributed by atoms with Crippen LogP contribution in [0.3, 0.4) is 0 Å². The van der Waals surface area contributed by atoms with Crippen LogP contribution in [0.1, 0.15) is 50.3 Å². The van der Waals surface area contributed by atoms with E-state index in [9.17, 15) is 18.0 Å². The summed E-state index contributed by atoms with van der Waals surface area (Å²) in [5, 5.41) is 3.42. The Morgan fingerprint density at radius 3 is 2.14 bits per heavy atom. The molecule has 192 valence electrons. The van der Waals surface area contributed by atoms with E-state index in [0.29, 0.717) is 22.7 Å². The summed E-state index contributed by atoms with van der Waals surface area (Å²) in [7, 11) is -3.78. The number of amides is 2. The van der Waals surface area contributed by atoms with Gasteiger partial charge in [0.2, 0.25) is 21.8 Å². The van der Waals surface area contributed by atoms with Gasteiger partial charge in [0.05, 0.1) is 11.9 Å². The van der Waals surface area contributed by atoms with E-state index in [1.165, 1.54) is 4.90 Å². The molecule has 0 saturated carbocycles. The summed E-state index contributed by atoms with van der Waals surface area (Å²) in [6, 6.07) is 11.7. The molecular formula is C26H36ClN3O4S. The van der Waals surface area contributed by atoms with Gasteiger partial charge < -0.3 is 10.2 Å². The second kappa shape index (κ2) is 12.4. The zero-order chi connectivity index (χ0) is 26.3. The SMILES string of the molecule is CC[C@H](C(=O)N[C@@H](C)CC)N(Cc1ccccc1Cl)C(=O)CN(c1cc(C)cc(C)c1)S(C)(=O)=O. The second-order valence-corrected chi connectivity index (χ2v) is 11.3. The van der Waals surface area contributed by atoms with Crippen molar-refractivity contribution in [3.8, 4) is 0 Å². The molecule has 0 aliphatic carbocycles. The largest absolute Gasteiger partial charge is 0.352 e. The van der Waals surface area contributed by atoms with Crippen molar-refractivity contribution in [2.45, 2.75) is 66.1 Å². The molecule has 7 nitrogen and oxygen atoms in total. The van der Waals surface area contributed by atoms with Crippen molar-refractivity contribution < 1.29 is 18.0 Å². The number of anilines is 1. The van der Waals surface area contributed by atoms with Gasteiger partial charge >= 0.3 is 0 Å². The van der Waals surface area contributed by atoms with E-state index in [0.717, 1.165) is 28.1 Å². The maximum Gasteiger partial charge on any atom is 0.244 e. The highest BCUT2D eigenvalue weighted by Gasteiger charge is 2.32. The molecular weight excluding hydrogens is 486 g/mol. The number of nitrogens with zero attached hydrogens (tertiary/aromatic N) is 2. The Bertz CT molecular complexity index is 1130. The minimum atomic E-state index is -3.78. The van der Waals surface area contributed by atoms with Crippen LogP contribution in [0.5, 0.6) is 0 Å². The lowest BCUT2D eigenvalue weighted by molar-refractivity contribution is -0.140. The Morgan fingerprint density at radius 1 is 1.03 bits per heavy atom. The predicted octanol–water partition coefficient (Wildman–Crippen LogP) is 4.44. The Labute approximate surface area is 214 Å². The summed E-state index contributed by atoms with van der Waals surface area (Å²) in [5.74, 6) is -0.764. The number of benzene rings is 2. The first-order valence-corrected chi connectivity index (χ1v) is 14.0. The van der Waals surface area contributed by atoms with Gasteiger partial charge in [0.1, 0.15) is 12.6 Å². The average molecular weight is 522 g/mol. The van der Waals surface area contributed by atoms with Crippen molar-refractivity contribution in [1.82, 2.24) is 10.2 Å². The van der Waals surface area contributed by atoms with E-state index >= 15 is 0 Å². The van der Waals surface area contributed by atoms with Crippen LogP contribution in [0.25, 0.3) is 0 Å². The first-order chi connectivity index (χ1) is 16.4. The Morgan fingerprint density at radius 2 is 1.63 bits per heavy atom. The van der Waals surface area contributed by atoms with Crippen LogP contribution < -0.4 is 9.62 Å². The van der Waals surface area contributed by atoms with Crippen molar-refractivity contribution in [3.63, 3.8) is 0 Å². The standard InChI is InChI=1S/C26H36ClN3O4S/c1-7-20(5)28-26(32)24(8-2)29(16-21-11-9-10-12-23(21)27)25(31)17-30(35(6,33)34)22-14-18(3)13-19(4)15-22/h9-15,20,24H,7-8,16-17H2,1-6H3,(H,28,32)/t20-,24+/m0/s1. The number of nitrogens with one attached hydrogen (secondary N) is 1. The molecule has 0 aromatic heterocycles. The molecule has 2 amide bonds. The molecule has 0 aliphatic rings. The molecule has 9 heteroatoms. The molecule has 0 bridgehead atoms. The molecule has 35 heavy (non-hydrogen) atoms. The van der Waals surface area contributed by atoms with Gasteiger partial charge in [0, 0.05) is 17.6 Å². The minimum absolute atomic E-state index is 0.0587. The maximum absolute atomic E-state index is 13.7. The molecule has 0 fully saturated rings. The number of halogens is 1. The third-order valence-electron chi connectivity index (χ3n) is 5.86. The predicted molar refractivity (Wildman–Crippen MR) is 142 cm³/mol. The number of carbonyl (C=O) groups excluding carboxylic acids is 2. The molecule has 0 spiro atoms. The van der Waals surface area contributed by atoms with E-state index < -0.39 is 28.5 Å². The Balaban J connectivity index is 2.49. The minimum Gasteiger partial charge on any atom is -0.352 e. The van der Waals surface area contributed by atoms with Gasteiger partial charge in [-0.3, -0.25) is 13.9 Å². The molecule has 0 saturated heterocycles. The highest BCUT2D eigenvalue weighted by molar-refractivity contribution is 7.92. The second-order valence-electron chi connectivity index (χ2n) is 8.97. The van der Waals surface area contributed by atoms with Crippen LogP contribution in [0.2, 0.25) is 5.02 Å². The molecule has 2 aromatic rings. The van der Waals surface area contributed by atoms with Crippen molar-refractivity contribution >= 4 is 39.1 Å². The lowest BCUT2D eigenvalue weighted by Gasteiger charge is -2.33. The van der Waals surface area contributed by atoms with Gasteiger partial charge in [-0.15, -0.1) is 0 Å². The van der Waals surface area contributed by atoms with Gasteiger partial charge in [-0.1, -0.05) is 49.7 Å². The van der Waals surface area contributed by atoms with Crippen molar-refractivity contribution in [2.75, 3.05) is 17.1 Å². The van der Waals surface area contributed by atoms with Crippen LogP contribution in [-0.2, 0) is 26.2 Å². The molecule has 0 heterocycles. The lowest BCUT2D eigenvalue weighted by atomic mass is 10.1. The lowest BCUT2D eigenvalue weighted by Crippen LogP contribution is -2.53. The van der Waals surface area contributed by atoms with E-state index in [4.69, 9.17) is 11.6 Å². The smallest absolute Gasteiger partial charge is 0.244 e. The van der Waals surface area contributed by atoms with Crippen molar-refractivity contribution in [1.29, 1.82) is 0 Å². The van der Waals surface area contributed by atoms with E-state index in [-0.39, 0.29) is 18.5 Å². The van der Waals surface area contributed by atoms with Crippen LogP contribution in [0, 0.1) is 13.8 Å². The zero-order valence-electron chi connectivity index (χ0n) is 21.3. The molecule has 1 N–H and O–H groups in total. The van der Waals surface area contributed by atoms with E-state index in [1.807, 2.05) is 46.8 Å². The highest BCUT2D eigenvalue weighted by atomic mass is 35.5. The molecule has 2 rings (SSSR count). The van der Waals surface area contributed by atoms with Crippen LogP contribution in [-0.4, -0.2) is 50.0 Å². The summed E-state index contributed by atoms with van der Waals surface area (Å²) >= 11 is 6.37. The third-order valence-corrected chi connectivity index (χ3v) is 7.37. The number of hydrogen-bond acceptors (Lipinski definition) is 4. The van der Waals surface area contributed by atoms with Crippen LogP contribution in [0.4, 0.5) is 5.69 Å². The fraction of sp³-hybridized carbons (Fsp3) is 0.462. The van der Waals surface area contributed by atoms with Crippen LogP contribution >= 0.6 is 11.6 Å². The van der Waals surface area contributed by atoms with Crippen LogP contribution in [0.15, 0.2) is 42.5 Å². The summed E-state index contributed by atoms with van der Waals surface area (Å²) in [6.07, 6.45) is 2.18. The monoisotopic (exact) mass is 521 g/mol. The third kappa shape index (κ3) is 7.97. The van der Waals surface area contributed by atoms with Crippen molar-refractivity contribution in [2.24, 2.45) is 0 Å². The maximum atomic E-state index is 13.7. The summed E-state index contributed by atoms with van der Waals surface area (Å²) < 4.78 is 26.6. The number of sulfonamides is 1. The molecule has 2 atom stereocenters. The molecule has 0 unspecified atom stereocenters. The first-order valence-electron chi connectivity index (χ1n) is 11.8. The highest BCUT2D eigenvalue weighted by Crippen LogP contribution is 2.24. The summed E-state index contributed by atoms with van der Waals surface area (Å²) in [6.45, 7) is 9.08. The molecule has 2 aromatic carbocycles. The molecule has 0 aliphatic heterocycles. The average Bonchev–Trinajstić information content (AvgIpc) is 2.76. The number of hydrogen-bond donors (Lipinski definition) is 1. The Hall–Kier alpha value is -2.58. The van der Waals surface area contributed by atoms with Gasteiger partial charge in [0.15, 0.2) is 0 Å². The van der Waals surface area contributed by atoms with E-state index in [1.54, 1.807) is 30.3 Å². The normalized spacial score (nSPS) is 13.1. The van der Waals surface area contributed by atoms with E-state index in [2.05, 4.69) is 5.32 Å². The Kier molecular flexibility index (Phi) is 10.2. The van der Waals surface area contributed by atoms with Gasteiger partial charge in [-0.25, -0.2) is 8.42 Å². The quantitative estimate of drug-likeness (QED) is 0.473. The summed E-state index contributed by atoms with van der Waals surface area (Å²) in [5.41, 5.74) is 2.85. The fourth-order valence-electron chi connectivity index (χ4n) is 3.88. The number of rotatable bonds is 11. The van der Waals surface area contributed by atoms with Gasteiger partial charge in [0.25, 0.3) is 0 Å². The fourth-order valence-corrected chi connectivity index (χ4v) is 4.91. The topological polar surface area (TPSA) is 86.8 Å². The zero-order valence-corrected chi connectivity index (χ0v) is 22.9.